The van der Waals surface area contributed by atoms with Crippen molar-refractivity contribution >= 4 is 11.8 Å². The molecule has 0 spiro atoms. The van der Waals surface area contributed by atoms with E-state index >= 15 is 0 Å². The minimum absolute atomic E-state index is 0.0135. The van der Waals surface area contributed by atoms with Gasteiger partial charge in [0.05, 0.1) is 6.04 Å². The molecule has 1 aromatic rings. The van der Waals surface area contributed by atoms with Crippen molar-refractivity contribution in [2.75, 3.05) is 46.3 Å². The molecule has 3 saturated heterocycles. The van der Waals surface area contributed by atoms with Crippen molar-refractivity contribution in [2.24, 2.45) is 0 Å². The molecular formula is C23H32F3N5O3. The average Bonchev–Trinajstić information content (AvgIpc) is 3.23. The van der Waals surface area contributed by atoms with Crippen LogP contribution in [0.2, 0.25) is 0 Å². The van der Waals surface area contributed by atoms with Crippen LogP contribution < -0.4 is 15.4 Å². The summed E-state index contributed by atoms with van der Waals surface area (Å²) >= 11 is 0. The molecule has 3 unspecified atom stereocenters. The number of nitrogens with zero attached hydrogens (tertiary/aromatic N) is 3. The smallest absolute Gasteiger partial charge is 0.406 e. The van der Waals surface area contributed by atoms with Gasteiger partial charge < -0.3 is 25.2 Å². The highest BCUT2D eigenvalue weighted by atomic mass is 19.4. The third-order valence-corrected chi connectivity index (χ3v) is 6.92. The highest BCUT2D eigenvalue weighted by Crippen LogP contribution is 2.27. The van der Waals surface area contributed by atoms with Crippen molar-refractivity contribution in [2.45, 2.75) is 50.3 Å². The molecule has 1 aromatic carbocycles. The van der Waals surface area contributed by atoms with Crippen molar-refractivity contribution < 1.29 is 27.5 Å². The zero-order chi connectivity index (χ0) is 24.3. The maximum atomic E-state index is 12.6. The predicted molar refractivity (Wildman–Crippen MR) is 119 cm³/mol. The van der Waals surface area contributed by atoms with Crippen LogP contribution in [0.1, 0.15) is 24.8 Å². The van der Waals surface area contributed by atoms with Crippen LogP contribution >= 0.6 is 0 Å². The summed E-state index contributed by atoms with van der Waals surface area (Å²) in [5, 5.41) is 6.41. The lowest BCUT2D eigenvalue weighted by molar-refractivity contribution is -0.274. The van der Waals surface area contributed by atoms with Gasteiger partial charge in [-0.15, -0.1) is 13.2 Å². The molecule has 3 atom stereocenters. The monoisotopic (exact) mass is 483 g/mol. The number of alkyl halides is 3. The standard InChI is InChI=1S/C23H32F3N5O3/c1-29-8-10-30(11-9-29)21(32)7-4-18-14-28-22(33)20-12-17(15-31(18)20)27-13-16-2-5-19(6-3-16)34-23(24,25)26/h2-3,5-6,17-18,20,27H,4,7-15H2,1H3,(H,28,33). The van der Waals surface area contributed by atoms with Crippen LogP contribution in [0.4, 0.5) is 13.2 Å². The van der Waals surface area contributed by atoms with Crippen molar-refractivity contribution in [3.8, 4) is 5.75 Å². The Morgan fingerprint density at radius 2 is 1.88 bits per heavy atom. The van der Waals surface area contributed by atoms with Gasteiger partial charge in [0.1, 0.15) is 5.75 Å². The number of hydrogen-bond donors (Lipinski definition) is 2. The maximum absolute atomic E-state index is 12.6. The summed E-state index contributed by atoms with van der Waals surface area (Å²) in [6.45, 7) is 5.03. The number of likely N-dealkylation sites (N-methyl/N-ethyl adjacent to an activating group) is 1. The zero-order valence-electron chi connectivity index (χ0n) is 19.3. The van der Waals surface area contributed by atoms with Gasteiger partial charge >= 0.3 is 6.36 Å². The molecule has 4 rings (SSSR count). The number of hydrogen-bond acceptors (Lipinski definition) is 6. The van der Waals surface area contributed by atoms with E-state index in [1.54, 1.807) is 12.1 Å². The zero-order valence-corrected chi connectivity index (χ0v) is 19.3. The highest BCUT2D eigenvalue weighted by Gasteiger charge is 2.43. The van der Waals surface area contributed by atoms with Gasteiger partial charge in [0.25, 0.3) is 0 Å². The van der Waals surface area contributed by atoms with Crippen LogP contribution in [0.3, 0.4) is 0 Å². The van der Waals surface area contributed by atoms with Gasteiger partial charge in [-0.05, 0) is 37.6 Å². The Labute approximate surface area is 197 Å². The third kappa shape index (κ3) is 6.39. The molecule has 0 bridgehead atoms. The molecule has 8 nitrogen and oxygen atoms in total. The third-order valence-electron chi connectivity index (χ3n) is 6.92. The number of rotatable bonds is 7. The molecule has 188 valence electrons. The average molecular weight is 484 g/mol. The molecule has 34 heavy (non-hydrogen) atoms. The second-order valence-electron chi connectivity index (χ2n) is 9.34. The number of ether oxygens (including phenoxy) is 1. The molecule has 3 fully saturated rings. The van der Waals surface area contributed by atoms with Gasteiger partial charge in [-0.1, -0.05) is 12.1 Å². The maximum Gasteiger partial charge on any atom is 0.573 e. The Morgan fingerprint density at radius 1 is 1.18 bits per heavy atom. The lowest BCUT2D eigenvalue weighted by Crippen LogP contribution is -2.58. The minimum Gasteiger partial charge on any atom is -0.406 e. The van der Waals surface area contributed by atoms with Gasteiger partial charge in [0.2, 0.25) is 11.8 Å². The lowest BCUT2D eigenvalue weighted by atomic mass is 10.0. The van der Waals surface area contributed by atoms with Crippen LogP contribution in [0.5, 0.6) is 5.75 Å². The normalized spacial score (nSPS) is 26.3. The fourth-order valence-electron chi connectivity index (χ4n) is 4.97. The van der Waals surface area contributed by atoms with Gasteiger partial charge in [-0.2, -0.15) is 0 Å². The van der Waals surface area contributed by atoms with E-state index in [-0.39, 0.29) is 35.7 Å². The molecule has 0 saturated carbocycles. The molecule has 3 aliphatic rings. The van der Waals surface area contributed by atoms with E-state index in [2.05, 4.69) is 32.2 Å². The Balaban J connectivity index is 1.26. The molecule has 3 aliphatic heterocycles. The number of nitrogens with one attached hydrogen (secondary N) is 2. The number of carbonyl (C=O) groups is 2. The molecular weight excluding hydrogens is 451 g/mol. The summed E-state index contributed by atoms with van der Waals surface area (Å²) in [6.07, 6.45) is -2.88. The van der Waals surface area contributed by atoms with E-state index in [4.69, 9.17) is 0 Å². The van der Waals surface area contributed by atoms with Gasteiger partial charge in [0, 0.05) is 64.3 Å². The van der Waals surface area contributed by atoms with E-state index in [1.165, 1.54) is 12.1 Å². The minimum atomic E-state index is -4.71. The first-order valence-corrected chi connectivity index (χ1v) is 11.8. The molecule has 0 radical (unpaired) electrons. The topological polar surface area (TPSA) is 77.1 Å². The van der Waals surface area contributed by atoms with E-state index < -0.39 is 6.36 Å². The molecule has 3 heterocycles. The lowest BCUT2D eigenvalue weighted by Gasteiger charge is -2.38. The fraction of sp³-hybridized carbons (Fsp3) is 0.652. The molecule has 0 aromatic heterocycles. The van der Waals surface area contributed by atoms with Crippen molar-refractivity contribution in [1.29, 1.82) is 0 Å². The Kier molecular flexibility index (Phi) is 7.63. The molecule has 11 heteroatoms. The SMILES string of the molecule is CN1CCN(C(=O)CCC2CNC(=O)C3CC(NCc4ccc(OC(F)(F)F)cc4)CN23)CC1. The van der Waals surface area contributed by atoms with E-state index in [0.29, 0.717) is 38.9 Å². The number of fused-ring (bicyclic) bond motifs is 1. The van der Waals surface area contributed by atoms with Crippen LogP contribution in [0, 0.1) is 0 Å². The summed E-state index contributed by atoms with van der Waals surface area (Å²) in [7, 11) is 2.06. The number of carbonyl (C=O) groups excluding carboxylic acids is 2. The van der Waals surface area contributed by atoms with Gasteiger partial charge in [-0.3, -0.25) is 14.5 Å². The van der Waals surface area contributed by atoms with Crippen LogP contribution in [0.25, 0.3) is 0 Å². The van der Waals surface area contributed by atoms with Crippen molar-refractivity contribution in [3.63, 3.8) is 0 Å². The summed E-state index contributed by atoms with van der Waals surface area (Å²) in [6, 6.07) is 5.75. The number of amides is 2. The number of benzene rings is 1. The quantitative estimate of drug-likeness (QED) is 0.607. The van der Waals surface area contributed by atoms with Crippen LogP contribution in [-0.2, 0) is 16.1 Å². The molecule has 2 amide bonds. The van der Waals surface area contributed by atoms with E-state index in [0.717, 1.165) is 31.7 Å². The van der Waals surface area contributed by atoms with Crippen molar-refractivity contribution in [1.82, 2.24) is 25.3 Å². The first-order valence-electron chi connectivity index (χ1n) is 11.8. The summed E-state index contributed by atoms with van der Waals surface area (Å²) in [4.78, 5) is 31.4. The highest BCUT2D eigenvalue weighted by molar-refractivity contribution is 5.83. The Bertz CT molecular complexity index is 858. The van der Waals surface area contributed by atoms with Crippen LogP contribution in [-0.4, -0.2) is 97.3 Å². The Morgan fingerprint density at radius 3 is 2.56 bits per heavy atom. The second-order valence-corrected chi connectivity index (χ2v) is 9.34. The summed E-state index contributed by atoms with van der Waals surface area (Å²) in [5.41, 5.74) is 0.832. The molecule has 0 aliphatic carbocycles. The van der Waals surface area contributed by atoms with Gasteiger partial charge in [-0.25, -0.2) is 0 Å². The van der Waals surface area contributed by atoms with Gasteiger partial charge in [0.15, 0.2) is 0 Å². The largest absolute Gasteiger partial charge is 0.573 e. The fourth-order valence-corrected chi connectivity index (χ4v) is 4.97. The summed E-state index contributed by atoms with van der Waals surface area (Å²) in [5.74, 6) is -0.0622. The predicted octanol–water partition coefficient (Wildman–Crippen LogP) is 1.17. The second kappa shape index (κ2) is 10.5. The summed E-state index contributed by atoms with van der Waals surface area (Å²) < 4.78 is 40.9. The first-order chi connectivity index (χ1) is 16.2. The number of piperazine rings is 2. The van der Waals surface area contributed by atoms with Crippen LogP contribution in [0.15, 0.2) is 24.3 Å². The Hall–Kier alpha value is -2.37. The van der Waals surface area contributed by atoms with E-state index in [1.807, 2.05) is 4.90 Å². The van der Waals surface area contributed by atoms with E-state index in [9.17, 15) is 22.8 Å². The first kappa shape index (κ1) is 24.7. The molecule has 2 N–H and O–H groups in total. The van der Waals surface area contributed by atoms with Crippen molar-refractivity contribution in [3.05, 3.63) is 29.8 Å². The number of halogens is 3.